The summed E-state index contributed by atoms with van der Waals surface area (Å²) in [5.41, 5.74) is 0.102. The summed E-state index contributed by atoms with van der Waals surface area (Å²) in [6.45, 7) is 3.22. The van der Waals surface area contributed by atoms with Gasteiger partial charge in [0.15, 0.2) is 0 Å². The zero-order valence-electron chi connectivity index (χ0n) is 11.3. The second-order valence-corrected chi connectivity index (χ2v) is 6.24. The molecule has 0 radical (unpaired) electrons. The predicted molar refractivity (Wildman–Crippen MR) is 70.5 cm³/mol. The van der Waals surface area contributed by atoms with Gasteiger partial charge in [0, 0.05) is 20.1 Å². The normalized spacial score (nSPS) is 42.7. The topological polar surface area (TPSA) is 31.0 Å². The third kappa shape index (κ3) is 2.50. The summed E-state index contributed by atoms with van der Waals surface area (Å²) in [5, 5.41) is 0. The molecule has 0 N–H and O–H groups in total. The molecule has 1 saturated carbocycles. The van der Waals surface area contributed by atoms with Crippen molar-refractivity contribution in [1.82, 2.24) is 0 Å². The average molecular weight is 260 g/mol. The van der Waals surface area contributed by atoms with Crippen LogP contribution in [-0.2, 0) is 14.2 Å². The maximum absolute atomic E-state index is 5.80. The monoisotopic (exact) mass is 260 g/mol. The van der Waals surface area contributed by atoms with Gasteiger partial charge in [-0.05, 0) is 30.8 Å². The van der Waals surface area contributed by atoms with Gasteiger partial charge < -0.3 is 14.2 Å². The van der Waals surface area contributed by atoms with E-state index in [1.54, 1.807) is 14.2 Å². The molecule has 1 saturated heterocycles. The zero-order chi connectivity index (χ0) is 12.5. The second kappa shape index (κ2) is 5.47. The number of epoxide rings is 1. The fourth-order valence-corrected chi connectivity index (χ4v) is 4.17. The Bertz CT molecular complexity index is 255. The van der Waals surface area contributed by atoms with Crippen molar-refractivity contribution in [3.63, 3.8) is 0 Å². The van der Waals surface area contributed by atoms with Crippen LogP contribution in [0.2, 0.25) is 0 Å². The molecule has 0 aromatic rings. The molecule has 2 fully saturated rings. The molecule has 17 heavy (non-hydrogen) atoms. The molecule has 2 rings (SSSR count). The highest BCUT2D eigenvalue weighted by molar-refractivity contribution is 7.98. The smallest absolute Gasteiger partial charge is 0.0974 e. The number of thioether (sulfide) groups is 1. The lowest BCUT2D eigenvalue weighted by atomic mass is 9.70. The molecule has 0 bridgehead atoms. The first-order chi connectivity index (χ1) is 8.18. The van der Waals surface area contributed by atoms with E-state index < -0.39 is 0 Å². The SMILES string of the molecule is COC1CC[C@]2(CO2)C(C(C)CSC)C1OC. The Morgan fingerprint density at radius 2 is 2.12 bits per heavy atom. The molecule has 4 heteroatoms. The van der Waals surface area contributed by atoms with Gasteiger partial charge in [-0.15, -0.1) is 0 Å². The molecule has 4 unspecified atom stereocenters. The highest BCUT2D eigenvalue weighted by atomic mass is 32.2. The summed E-state index contributed by atoms with van der Waals surface area (Å²) in [5.74, 6) is 2.24. The molecule has 0 aromatic carbocycles. The summed E-state index contributed by atoms with van der Waals surface area (Å²) in [7, 11) is 3.59. The van der Waals surface area contributed by atoms with E-state index in [1.165, 1.54) is 0 Å². The maximum Gasteiger partial charge on any atom is 0.0974 e. The van der Waals surface area contributed by atoms with Gasteiger partial charge in [0.05, 0.1) is 24.4 Å². The molecule has 100 valence electrons. The zero-order valence-corrected chi connectivity index (χ0v) is 12.1. The summed E-state index contributed by atoms with van der Waals surface area (Å²) >= 11 is 1.90. The number of methoxy groups -OCH3 is 2. The highest BCUT2D eigenvalue weighted by Crippen LogP contribution is 2.50. The molecule has 1 heterocycles. The first-order valence-electron chi connectivity index (χ1n) is 6.37. The van der Waals surface area contributed by atoms with Crippen molar-refractivity contribution < 1.29 is 14.2 Å². The fraction of sp³-hybridized carbons (Fsp3) is 1.00. The minimum atomic E-state index is 0.102. The Kier molecular flexibility index (Phi) is 4.40. The number of hydrogen-bond donors (Lipinski definition) is 0. The molecule has 5 atom stereocenters. The van der Waals surface area contributed by atoms with Crippen LogP contribution in [0.5, 0.6) is 0 Å². The molecule has 3 nitrogen and oxygen atoms in total. The Morgan fingerprint density at radius 3 is 2.59 bits per heavy atom. The van der Waals surface area contributed by atoms with E-state index in [2.05, 4.69) is 13.2 Å². The Balaban J connectivity index is 2.14. The largest absolute Gasteiger partial charge is 0.379 e. The van der Waals surface area contributed by atoms with E-state index in [1.807, 2.05) is 11.8 Å². The first-order valence-corrected chi connectivity index (χ1v) is 7.76. The van der Waals surface area contributed by atoms with Crippen molar-refractivity contribution in [2.24, 2.45) is 11.8 Å². The predicted octanol–water partition coefficient (Wildman–Crippen LogP) is 2.19. The maximum atomic E-state index is 5.80. The van der Waals surface area contributed by atoms with Gasteiger partial charge in [-0.3, -0.25) is 0 Å². The van der Waals surface area contributed by atoms with Gasteiger partial charge in [-0.25, -0.2) is 0 Å². The van der Waals surface area contributed by atoms with E-state index in [9.17, 15) is 0 Å². The van der Waals surface area contributed by atoms with Crippen LogP contribution in [0.4, 0.5) is 0 Å². The van der Waals surface area contributed by atoms with Gasteiger partial charge in [-0.1, -0.05) is 6.92 Å². The molecule has 2 aliphatic rings. The van der Waals surface area contributed by atoms with Crippen LogP contribution in [0.15, 0.2) is 0 Å². The van der Waals surface area contributed by atoms with E-state index in [-0.39, 0.29) is 17.8 Å². The number of hydrogen-bond acceptors (Lipinski definition) is 4. The van der Waals surface area contributed by atoms with Crippen LogP contribution in [-0.4, -0.2) is 50.6 Å². The van der Waals surface area contributed by atoms with E-state index in [0.717, 1.165) is 25.2 Å². The molecule has 0 amide bonds. The highest BCUT2D eigenvalue weighted by Gasteiger charge is 2.60. The van der Waals surface area contributed by atoms with Crippen molar-refractivity contribution in [2.45, 2.75) is 37.6 Å². The van der Waals surface area contributed by atoms with Gasteiger partial charge >= 0.3 is 0 Å². The number of ether oxygens (including phenoxy) is 3. The summed E-state index contributed by atoms with van der Waals surface area (Å²) in [6, 6.07) is 0. The fourth-order valence-electron chi connectivity index (χ4n) is 3.44. The van der Waals surface area contributed by atoms with Crippen LogP contribution < -0.4 is 0 Å². The van der Waals surface area contributed by atoms with Gasteiger partial charge in [-0.2, -0.15) is 11.8 Å². The Morgan fingerprint density at radius 1 is 1.41 bits per heavy atom. The molecule has 0 aromatic heterocycles. The lowest BCUT2D eigenvalue weighted by Crippen LogP contribution is -2.52. The minimum Gasteiger partial charge on any atom is -0.379 e. The van der Waals surface area contributed by atoms with Crippen LogP contribution in [0.3, 0.4) is 0 Å². The molecule has 1 aliphatic heterocycles. The van der Waals surface area contributed by atoms with Crippen molar-refractivity contribution in [3.05, 3.63) is 0 Å². The molecule has 1 spiro atoms. The number of rotatable bonds is 5. The van der Waals surface area contributed by atoms with Gasteiger partial charge in [0.1, 0.15) is 0 Å². The Labute approximate surface area is 109 Å². The van der Waals surface area contributed by atoms with Crippen LogP contribution in [0.25, 0.3) is 0 Å². The van der Waals surface area contributed by atoms with Crippen molar-refractivity contribution in [3.8, 4) is 0 Å². The third-order valence-corrected chi connectivity index (χ3v) is 5.17. The quantitative estimate of drug-likeness (QED) is 0.709. The second-order valence-electron chi connectivity index (χ2n) is 5.33. The van der Waals surface area contributed by atoms with Crippen LogP contribution in [0, 0.1) is 11.8 Å². The summed E-state index contributed by atoms with van der Waals surface area (Å²) < 4.78 is 17.1. The van der Waals surface area contributed by atoms with Crippen molar-refractivity contribution >= 4 is 11.8 Å². The molecular weight excluding hydrogens is 236 g/mol. The lowest BCUT2D eigenvalue weighted by molar-refractivity contribution is -0.121. The lowest BCUT2D eigenvalue weighted by Gasteiger charge is -2.43. The van der Waals surface area contributed by atoms with E-state index in [4.69, 9.17) is 14.2 Å². The Hall–Kier alpha value is 0.230. The van der Waals surface area contributed by atoms with E-state index in [0.29, 0.717) is 11.8 Å². The van der Waals surface area contributed by atoms with Crippen LogP contribution >= 0.6 is 11.8 Å². The summed E-state index contributed by atoms with van der Waals surface area (Å²) in [4.78, 5) is 0. The minimum absolute atomic E-state index is 0.102. The van der Waals surface area contributed by atoms with Crippen molar-refractivity contribution in [2.75, 3.05) is 32.8 Å². The average Bonchev–Trinajstić information content (AvgIpc) is 3.09. The molecular formula is C13H24O3S. The summed E-state index contributed by atoms with van der Waals surface area (Å²) in [6.07, 6.45) is 4.74. The standard InChI is InChI=1S/C13H24O3S/c1-9(7-17-4)11-12(15-3)10(14-2)5-6-13(11)8-16-13/h9-12H,5-8H2,1-4H3/t9?,10?,11?,12?,13-/m0/s1. The van der Waals surface area contributed by atoms with Gasteiger partial charge in [0.25, 0.3) is 0 Å². The van der Waals surface area contributed by atoms with Crippen LogP contribution in [0.1, 0.15) is 19.8 Å². The van der Waals surface area contributed by atoms with E-state index >= 15 is 0 Å². The first kappa shape index (κ1) is 13.7. The van der Waals surface area contributed by atoms with Crippen molar-refractivity contribution in [1.29, 1.82) is 0 Å². The van der Waals surface area contributed by atoms with Gasteiger partial charge in [0.2, 0.25) is 0 Å². The third-order valence-electron chi connectivity index (χ3n) is 4.31. The molecule has 1 aliphatic carbocycles.